The third kappa shape index (κ3) is 6.74. The maximum absolute atomic E-state index is 12.1. The second kappa shape index (κ2) is 9.95. The molecule has 1 heterocycles. The zero-order valence-electron chi connectivity index (χ0n) is 13.5. The molecule has 0 spiro atoms. The first-order chi connectivity index (χ1) is 11.0. The van der Waals surface area contributed by atoms with Crippen molar-refractivity contribution in [3.63, 3.8) is 0 Å². The number of halogens is 4. The van der Waals surface area contributed by atoms with Crippen LogP contribution in [0, 0.1) is 0 Å². The lowest BCUT2D eigenvalue weighted by Gasteiger charge is -2.28. The monoisotopic (exact) mass is 457 g/mol. The van der Waals surface area contributed by atoms with Crippen molar-refractivity contribution in [2.24, 2.45) is 4.99 Å². The number of rotatable bonds is 5. The number of ether oxygens (including phenoxy) is 1. The number of hydrogen-bond acceptors (Lipinski definition) is 2. The van der Waals surface area contributed by atoms with E-state index in [0.29, 0.717) is 25.5 Å². The summed E-state index contributed by atoms with van der Waals surface area (Å²) in [6.45, 7) is 1.08. The highest BCUT2D eigenvalue weighted by molar-refractivity contribution is 14.0. The van der Waals surface area contributed by atoms with Gasteiger partial charge in [-0.15, -0.1) is 24.0 Å². The molecule has 0 saturated carbocycles. The van der Waals surface area contributed by atoms with Crippen LogP contribution < -0.4 is 15.4 Å². The predicted molar refractivity (Wildman–Crippen MR) is 99.1 cm³/mol. The summed E-state index contributed by atoms with van der Waals surface area (Å²) in [6, 6.07) is 7.89. The van der Waals surface area contributed by atoms with E-state index in [-0.39, 0.29) is 36.4 Å². The van der Waals surface area contributed by atoms with E-state index in [1.807, 2.05) is 24.3 Å². The lowest BCUT2D eigenvalue weighted by Crippen LogP contribution is -2.41. The van der Waals surface area contributed by atoms with Crippen LogP contribution in [0.5, 0.6) is 5.75 Å². The second-order valence-electron chi connectivity index (χ2n) is 5.44. The molecule has 2 N–H and O–H groups in total. The Labute approximate surface area is 157 Å². The number of benzene rings is 1. The molecule has 0 fully saturated rings. The molecule has 4 nitrogen and oxygen atoms in total. The normalized spacial score (nSPS) is 17.3. The maximum Gasteiger partial charge on any atom is 0.389 e. The predicted octanol–water partition coefficient (Wildman–Crippen LogP) is 4.03. The lowest BCUT2D eigenvalue weighted by molar-refractivity contribution is -0.135. The summed E-state index contributed by atoms with van der Waals surface area (Å²) in [4.78, 5) is 4.13. The number of alkyl halides is 3. The molecule has 1 atom stereocenters. The van der Waals surface area contributed by atoms with Crippen molar-refractivity contribution in [1.29, 1.82) is 0 Å². The smallest absolute Gasteiger partial charge is 0.389 e. The van der Waals surface area contributed by atoms with Crippen molar-refractivity contribution in [2.75, 3.05) is 20.2 Å². The first-order valence-electron chi connectivity index (χ1n) is 7.75. The van der Waals surface area contributed by atoms with Gasteiger partial charge in [0.05, 0.1) is 12.6 Å². The molecule has 0 saturated heterocycles. The number of aliphatic imine (C=N–C) groups is 1. The number of para-hydroxylation sites is 1. The highest BCUT2D eigenvalue weighted by Crippen LogP contribution is 2.31. The number of unbranched alkanes of at least 4 members (excludes halogenated alkanes) is 1. The molecular weight excluding hydrogens is 434 g/mol. The minimum Gasteiger partial charge on any atom is -0.493 e. The first kappa shape index (κ1) is 20.9. The molecule has 1 aromatic carbocycles. The molecule has 1 unspecified atom stereocenters. The van der Waals surface area contributed by atoms with Crippen molar-refractivity contribution in [2.45, 2.75) is 37.9 Å². The number of nitrogens with one attached hydrogen (secondary N) is 2. The quantitative estimate of drug-likeness (QED) is 0.304. The SMILES string of the molecule is CN=C(NCCCCC(F)(F)F)NC1CCOc2ccccc21.I. The fourth-order valence-corrected chi connectivity index (χ4v) is 2.51. The maximum atomic E-state index is 12.1. The van der Waals surface area contributed by atoms with Gasteiger partial charge in [0.1, 0.15) is 5.75 Å². The van der Waals surface area contributed by atoms with E-state index in [1.165, 1.54) is 0 Å². The molecule has 0 amide bonds. The van der Waals surface area contributed by atoms with Crippen molar-refractivity contribution in [3.8, 4) is 5.75 Å². The fourth-order valence-electron chi connectivity index (χ4n) is 2.51. The van der Waals surface area contributed by atoms with Gasteiger partial charge in [0.15, 0.2) is 5.96 Å². The molecule has 136 valence electrons. The number of fused-ring (bicyclic) bond motifs is 1. The van der Waals surface area contributed by atoms with Gasteiger partial charge in [-0.2, -0.15) is 13.2 Å². The Morgan fingerprint density at radius 3 is 2.75 bits per heavy atom. The van der Waals surface area contributed by atoms with Crippen LogP contribution >= 0.6 is 24.0 Å². The summed E-state index contributed by atoms with van der Waals surface area (Å²) >= 11 is 0. The van der Waals surface area contributed by atoms with Gasteiger partial charge < -0.3 is 15.4 Å². The van der Waals surface area contributed by atoms with Gasteiger partial charge in [0.25, 0.3) is 0 Å². The van der Waals surface area contributed by atoms with Gasteiger partial charge in [-0.25, -0.2) is 0 Å². The first-order valence-corrected chi connectivity index (χ1v) is 7.75. The Balaban J connectivity index is 0.00000288. The number of nitrogens with zero attached hydrogens (tertiary/aromatic N) is 1. The van der Waals surface area contributed by atoms with Gasteiger partial charge in [-0.05, 0) is 18.9 Å². The van der Waals surface area contributed by atoms with Crippen LogP contribution in [0.25, 0.3) is 0 Å². The zero-order chi connectivity index (χ0) is 16.7. The highest BCUT2D eigenvalue weighted by Gasteiger charge is 2.26. The van der Waals surface area contributed by atoms with Crippen molar-refractivity contribution in [1.82, 2.24) is 10.6 Å². The Morgan fingerprint density at radius 2 is 2.04 bits per heavy atom. The second-order valence-corrected chi connectivity index (χ2v) is 5.44. The Morgan fingerprint density at radius 1 is 1.29 bits per heavy atom. The van der Waals surface area contributed by atoms with E-state index in [4.69, 9.17) is 4.74 Å². The molecule has 0 bridgehead atoms. The zero-order valence-corrected chi connectivity index (χ0v) is 15.9. The van der Waals surface area contributed by atoms with Crippen LogP contribution in [0.4, 0.5) is 13.2 Å². The molecule has 1 aliphatic rings. The summed E-state index contributed by atoms with van der Waals surface area (Å²) in [5.74, 6) is 1.45. The molecule has 0 aromatic heterocycles. The van der Waals surface area contributed by atoms with Crippen molar-refractivity contribution >= 4 is 29.9 Å². The number of guanidine groups is 1. The van der Waals surface area contributed by atoms with E-state index < -0.39 is 12.6 Å². The molecule has 8 heteroatoms. The topological polar surface area (TPSA) is 45.7 Å². The Kier molecular flexibility index (Phi) is 8.65. The van der Waals surface area contributed by atoms with Crippen LogP contribution in [0.3, 0.4) is 0 Å². The highest BCUT2D eigenvalue weighted by atomic mass is 127. The molecule has 0 radical (unpaired) electrons. The molecule has 0 aliphatic carbocycles. The lowest BCUT2D eigenvalue weighted by atomic mass is 10.0. The van der Waals surface area contributed by atoms with Crippen LogP contribution in [0.1, 0.15) is 37.3 Å². The average molecular weight is 457 g/mol. The summed E-state index contributed by atoms with van der Waals surface area (Å²) in [6.07, 6.45) is -3.44. The summed E-state index contributed by atoms with van der Waals surface area (Å²) in [5, 5.41) is 6.37. The van der Waals surface area contributed by atoms with Crippen LogP contribution in [-0.4, -0.2) is 32.3 Å². The van der Waals surface area contributed by atoms with Gasteiger partial charge in [0.2, 0.25) is 0 Å². The Bertz CT molecular complexity index is 538. The van der Waals surface area contributed by atoms with E-state index in [2.05, 4.69) is 15.6 Å². The standard InChI is InChI=1S/C16H22F3N3O.HI/c1-20-15(21-10-5-4-9-16(17,18)19)22-13-8-11-23-14-7-3-2-6-12(13)14;/h2-3,6-7,13H,4-5,8-11H2,1H3,(H2,20,21,22);1H. The third-order valence-corrected chi connectivity index (χ3v) is 3.67. The third-order valence-electron chi connectivity index (χ3n) is 3.67. The summed E-state index contributed by atoms with van der Waals surface area (Å²) < 4.78 is 41.9. The summed E-state index contributed by atoms with van der Waals surface area (Å²) in [5.41, 5.74) is 1.07. The van der Waals surface area contributed by atoms with Gasteiger partial charge in [-0.3, -0.25) is 4.99 Å². The fraction of sp³-hybridized carbons (Fsp3) is 0.562. The minimum atomic E-state index is -4.08. The van der Waals surface area contributed by atoms with E-state index in [0.717, 1.165) is 17.7 Å². The molecule has 2 rings (SSSR count). The van der Waals surface area contributed by atoms with E-state index >= 15 is 0 Å². The Hall–Kier alpha value is -1.19. The largest absolute Gasteiger partial charge is 0.493 e. The molecular formula is C16H23F3IN3O. The van der Waals surface area contributed by atoms with E-state index in [9.17, 15) is 13.2 Å². The molecule has 1 aromatic rings. The van der Waals surface area contributed by atoms with Crippen molar-refractivity contribution in [3.05, 3.63) is 29.8 Å². The van der Waals surface area contributed by atoms with Gasteiger partial charge >= 0.3 is 6.18 Å². The number of hydrogen-bond donors (Lipinski definition) is 2. The van der Waals surface area contributed by atoms with Crippen LogP contribution in [0.2, 0.25) is 0 Å². The van der Waals surface area contributed by atoms with Crippen molar-refractivity contribution < 1.29 is 17.9 Å². The van der Waals surface area contributed by atoms with Gasteiger partial charge in [-0.1, -0.05) is 18.2 Å². The minimum absolute atomic E-state index is 0. The van der Waals surface area contributed by atoms with Crippen LogP contribution in [-0.2, 0) is 0 Å². The molecule has 24 heavy (non-hydrogen) atoms. The molecule has 1 aliphatic heterocycles. The summed E-state index contributed by atoms with van der Waals surface area (Å²) in [7, 11) is 1.65. The van der Waals surface area contributed by atoms with Gasteiger partial charge in [0, 0.05) is 32.0 Å². The van der Waals surface area contributed by atoms with E-state index in [1.54, 1.807) is 7.05 Å². The van der Waals surface area contributed by atoms with Crippen LogP contribution in [0.15, 0.2) is 29.3 Å². The average Bonchev–Trinajstić information content (AvgIpc) is 2.52.